The molecule has 0 radical (unpaired) electrons. The Labute approximate surface area is 212 Å². The summed E-state index contributed by atoms with van der Waals surface area (Å²) in [6.45, 7) is 0.667. The van der Waals surface area contributed by atoms with Gasteiger partial charge in [-0.25, -0.2) is 4.79 Å². The number of amides is 1. The van der Waals surface area contributed by atoms with E-state index < -0.39 is 17.9 Å². The molecule has 1 fully saturated rings. The van der Waals surface area contributed by atoms with Gasteiger partial charge in [-0.05, 0) is 73.8 Å². The van der Waals surface area contributed by atoms with Gasteiger partial charge in [0.25, 0.3) is 11.5 Å². The molecule has 7 heteroatoms. The summed E-state index contributed by atoms with van der Waals surface area (Å²) in [4.78, 5) is 39.7. The zero-order chi connectivity index (χ0) is 24.8. The number of halogens is 1. The van der Waals surface area contributed by atoms with Crippen molar-refractivity contribution in [3.8, 4) is 0 Å². The second-order valence-corrected chi connectivity index (χ2v) is 10.3. The number of aryl methyl sites for hydroxylation is 1. The fraction of sp³-hybridized carbons (Fsp3) is 0.536. The number of benzene rings is 1. The third-order valence-corrected chi connectivity index (χ3v) is 7.68. The number of carbonyl (C=O) groups excluding carboxylic acids is 2. The lowest BCUT2D eigenvalue weighted by Gasteiger charge is -2.27. The Kier molecular flexibility index (Phi) is 8.66. The number of esters is 1. The van der Waals surface area contributed by atoms with Crippen LogP contribution in [0.3, 0.4) is 0 Å². The van der Waals surface area contributed by atoms with E-state index in [2.05, 4.69) is 5.32 Å². The van der Waals surface area contributed by atoms with E-state index in [0.29, 0.717) is 23.0 Å². The van der Waals surface area contributed by atoms with Gasteiger partial charge in [0.15, 0.2) is 6.04 Å². The molecule has 1 aromatic heterocycles. The summed E-state index contributed by atoms with van der Waals surface area (Å²) in [5.74, 6) is -0.691. The molecule has 1 heterocycles. The van der Waals surface area contributed by atoms with Crippen LogP contribution in [-0.2, 0) is 28.9 Å². The average Bonchev–Trinajstić information content (AvgIpc) is 2.85. The lowest BCUT2D eigenvalue weighted by molar-refractivity contribution is -0.143. The van der Waals surface area contributed by atoms with Crippen LogP contribution in [0.15, 0.2) is 35.1 Å². The molecule has 35 heavy (non-hydrogen) atoms. The molecule has 1 atom stereocenters. The van der Waals surface area contributed by atoms with E-state index in [1.165, 1.54) is 32.8 Å². The maximum atomic E-state index is 13.7. The number of methoxy groups -OCH3 is 1. The molecule has 2 aliphatic carbocycles. The zero-order valence-corrected chi connectivity index (χ0v) is 21.2. The molecule has 0 aliphatic heterocycles. The molecule has 2 aromatic rings. The highest BCUT2D eigenvalue weighted by Gasteiger charge is 2.28. The van der Waals surface area contributed by atoms with Gasteiger partial charge in [-0.3, -0.25) is 9.59 Å². The van der Waals surface area contributed by atoms with Gasteiger partial charge in [0.05, 0.1) is 7.11 Å². The second-order valence-electron chi connectivity index (χ2n) is 9.85. The van der Waals surface area contributed by atoms with Crippen molar-refractivity contribution in [1.82, 2.24) is 9.88 Å². The highest BCUT2D eigenvalue weighted by molar-refractivity contribution is 6.30. The van der Waals surface area contributed by atoms with Crippen LogP contribution in [-0.4, -0.2) is 23.6 Å². The summed E-state index contributed by atoms with van der Waals surface area (Å²) in [5, 5.41) is 3.28. The monoisotopic (exact) mass is 498 g/mol. The number of hydrogen-bond donors (Lipinski definition) is 1. The number of nitrogens with zero attached hydrogens (tertiary/aromatic N) is 1. The van der Waals surface area contributed by atoms with Crippen LogP contribution in [0.1, 0.15) is 91.0 Å². The molecular formula is C28H35ClN2O4. The maximum absolute atomic E-state index is 13.7. The van der Waals surface area contributed by atoms with Crippen LogP contribution < -0.4 is 10.9 Å². The molecule has 1 amide bonds. The fourth-order valence-electron chi connectivity index (χ4n) is 5.48. The largest absolute Gasteiger partial charge is 0.467 e. The van der Waals surface area contributed by atoms with Crippen LogP contribution in [0.4, 0.5) is 0 Å². The summed E-state index contributed by atoms with van der Waals surface area (Å²) in [6, 6.07) is 7.39. The van der Waals surface area contributed by atoms with Gasteiger partial charge >= 0.3 is 5.97 Å². The molecule has 6 nitrogen and oxygen atoms in total. The third-order valence-electron chi connectivity index (χ3n) is 7.43. The summed E-state index contributed by atoms with van der Waals surface area (Å²) in [7, 11) is 1.28. The quantitative estimate of drug-likeness (QED) is 0.542. The molecule has 4 rings (SSSR count). The first-order valence-corrected chi connectivity index (χ1v) is 13.3. The van der Waals surface area contributed by atoms with Crippen molar-refractivity contribution in [3.05, 3.63) is 68.1 Å². The van der Waals surface area contributed by atoms with E-state index in [9.17, 15) is 14.4 Å². The lowest BCUT2D eigenvalue weighted by Crippen LogP contribution is -2.40. The molecule has 1 N–H and O–H groups in total. The summed E-state index contributed by atoms with van der Waals surface area (Å²) in [5.41, 5.74) is 2.57. The van der Waals surface area contributed by atoms with Gasteiger partial charge < -0.3 is 14.6 Å². The first-order chi connectivity index (χ1) is 17.0. The standard InChI is InChI=1S/C28H35ClN2O4/c1-35-28(34)25(20-13-15-22(29)16-14-20)30-26(32)23-17-21-11-7-2-3-8-12-24(21)31(27(23)33)18-19-9-5-4-6-10-19/h13-17,19,25H,2-12,18H2,1H3,(H,30,32). The zero-order valence-electron chi connectivity index (χ0n) is 20.5. The van der Waals surface area contributed by atoms with Crippen molar-refractivity contribution in [2.45, 2.75) is 83.2 Å². The van der Waals surface area contributed by atoms with Crippen molar-refractivity contribution < 1.29 is 14.3 Å². The predicted octanol–water partition coefficient (Wildman–Crippen LogP) is 5.39. The molecule has 1 saturated carbocycles. The Morgan fingerprint density at radius 3 is 2.37 bits per heavy atom. The highest BCUT2D eigenvalue weighted by atomic mass is 35.5. The highest BCUT2D eigenvalue weighted by Crippen LogP contribution is 2.27. The van der Waals surface area contributed by atoms with Crippen molar-refractivity contribution in [2.24, 2.45) is 5.92 Å². The molecule has 188 valence electrons. The van der Waals surface area contributed by atoms with E-state index in [1.54, 1.807) is 30.3 Å². The van der Waals surface area contributed by atoms with E-state index in [1.807, 2.05) is 4.57 Å². The van der Waals surface area contributed by atoms with Crippen molar-refractivity contribution in [1.29, 1.82) is 0 Å². The predicted molar refractivity (Wildman–Crippen MR) is 137 cm³/mol. The fourth-order valence-corrected chi connectivity index (χ4v) is 5.60. The molecule has 1 aromatic carbocycles. The average molecular weight is 499 g/mol. The van der Waals surface area contributed by atoms with Crippen LogP contribution in [0, 0.1) is 5.92 Å². The normalized spacial score (nSPS) is 17.5. The molecule has 1 unspecified atom stereocenters. The number of nitrogens with one attached hydrogen (secondary N) is 1. The van der Waals surface area contributed by atoms with Gasteiger partial charge in [-0.1, -0.05) is 55.8 Å². The Morgan fingerprint density at radius 2 is 1.69 bits per heavy atom. The van der Waals surface area contributed by atoms with Crippen LogP contribution in [0.25, 0.3) is 0 Å². The number of carbonyl (C=O) groups is 2. The first-order valence-electron chi connectivity index (χ1n) is 12.9. The molecule has 0 spiro atoms. The van der Waals surface area contributed by atoms with E-state index >= 15 is 0 Å². The van der Waals surface area contributed by atoms with Crippen LogP contribution in [0.5, 0.6) is 0 Å². The Morgan fingerprint density at radius 1 is 1.03 bits per heavy atom. The summed E-state index contributed by atoms with van der Waals surface area (Å²) < 4.78 is 6.83. The lowest BCUT2D eigenvalue weighted by atomic mass is 9.88. The Hall–Kier alpha value is -2.60. The second kappa shape index (κ2) is 11.9. The van der Waals surface area contributed by atoms with Gasteiger partial charge in [-0.15, -0.1) is 0 Å². The third kappa shape index (κ3) is 6.16. The van der Waals surface area contributed by atoms with Crippen molar-refractivity contribution in [2.75, 3.05) is 7.11 Å². The number of pyridine rings is 1. The van der Waals surface area contributed by atoms with Crippen molar-refractivity contribution >= 4 is 23.5 Å². The molecule has 2 aliphatic rings. The van der Waals surface area contributed by atoms with Gasteiger partial charge in [0, 0.05) is 17.3 Å². The smallest absolute Gasteiger partial charge is 0.333 e. The van der Waals surface area contributed by atoms with Gasteiger partial charge in [0.1, 0.15) is 5.56 Å². The molecule has 0 bridgehead atoms. The number of aromatic nitrogens is 1. The number of fused-ring (bicyclic) bond motifs is 1. The molecular weight excluding hydrogens is 464 g/mol. The first kappa shape index (κ1) is 25.5. The molecule has 0 saturated heterocycles. The maximum Gasteiger partial charge on any atom is 0.333 e. The number of rotatable bonds is 6. The van der Waals surface area contributed by atoms with E-state index in [4.69, 9.17) is 16.3 Å². The number of hydrogen-bond acceptors (Lipinski definition) is 4. The van der Waals surface area contributed by atoms with Gasteiger partial charge in [0.2, 0.25) is 0 Å². The van der Waals surface area contributed by atoms with E-state index in [0.717, 1.165) is 56.2 Å². The minimum Gasteiger partial charge on any atom is -0.467 e. The van der Waals surface area contributed by atoms with E-state index in [-0.39, 0.29) is 11.1 Å². The topological polar surface area (TPSA) is 77.4 Å². The van der Waals surface area contributed by atoms with Crippen LogP contribution in [0.2, 0.25) is 5.02 Å². The minimum absolute atomic E-state index is 0.1000. The van der Waals surface area contributed by atoms with Gasteiger partial charge in [-0.2, -0.15) is 0 Å². The summed E-state index contributed by atoms with van der Waals surface area (Å²) in [6.07, 6.45) is 12.1. The number of ether oxygens (including phenoxy) is 1. The van der Waals surface area contributed by atoms with Crippen molar-refractivity contribution in [3.63, 3.8) is 0 Å². The Bertz CT molecular complexity index is 1100. The van der Waals surface area contributed by atoms with Crippen LogP contribution >= 0.6 is 11.6 Å². The summed E-state index contributed by atoms with van der Waals surface area (Å²) >= 11 is 5.99. The Balaban J connectivity index is 1.70. The minimum atomic E-state index is -1.03. The SMILES string of the molecule is COC(=O)C(NC(=O)c1cc2c(n(CC3CCCCC3)c1=O)CCCCCC2)c1ccc(Cl)cc1.